The first kappa shape index (κ1) is 14.0. The van der Waals surface area contributed by atoms with Crippen LogP contribution in [0.4, 0.5) is 5.69 Å². The number of rotatable bonds is 5. The van der Waals surface area contributed by atoms with E-state index in [0.29, 0.717) is 12.3 Å². The Bertz CT molecular complexity index is 599. The molecule has 0 aliphatic carbocycles. The van der Waals surface area contributed by atoms with E-state index in [1.807, 2.05) is 25.1 Å². The van der Waals surface area contributed by atoms with Crippen LogP contribution in [-0.4, -0.2) is 17.5 Å². The van der Waals surface area contributed by atoms with Gasteiger partial charge >= 0.3 is 0 Å². The molecule has 0 fully saturated rings. The molecular formula is C15H17N3O2. The Kier molecular flexibility index (Phi) is 4.68. The van der Waals surface area contributed by atoms with Gasteiger partial charge in [0.1, 0.15) is 5.75 Å². The highest BCUT2D eigenvalue weighted by atomic mass is 16.5. The van der Waals surface area contributed by atoms with Crippen LogP contribution in [0, 0.1) is 6.92 Å². The van der Waals surface area contributed by atoms with Crippen LogP contribution in [0.25, 0.3) is 0 Å². The molecule has 5 heteroatoms. The molecule has 0 bridgehead atoms. The Morgan fingerprint density at radius 2 is 2.15 bits per heavy atom. The first-order valence-corrected chi connectivity index (χ1v) is 6.32. The SMILES string of the molecule is Cc1cnccc1NC(=O)COc1ccccc1CN. The van der Waals surface area contributed by atoms with Gasteiger partial charge in [0.2, 0.25) is 0 Å². The molecule has 0 unspecified atom stereocenters. The zero-order valence-electron chi connectivity index (χ0n) is 11.3. The second-order valence-corrected chi connectivity index (χ2v) is 4.34. The average molecular weight is 271 g/mol. The van der Waals surface area contributed by atoms with E-state index in [1.54, 1.807) is 24.5 Å². The fraction of sp³-hybridized carbons (Fsp3) is 0.200. The Labute approximate surface area is 117 Å². The predicted molar refractivity (Wildman–Crippen MR) is 77.4 cm³/mol. The minimum absolute atomic E-state index is 0.0568. The maximum absolute atomic E-state index is 11.8. The molecule has 0 radical (unpaired) electrons. The van der Waals surface area contributed by atoms with Crippen LogP contribution >= 0.6 is 0 Å². The van der Waals surface area contributed by atoms with Crippen molar-refractivity contribution in [3.8, 4) is 5.75 Å². The van der Waals surface area contributed by atoms with Gasteiger partial charge in [-0.2, -0.15) is 0 Å². The van der Waals surface area contributed by atoms with Gasteiger partial charge in [0, 0.05) is 30.2 Å². The lowest BCUT2D eigenvalue weighted by atomic mass is 10.2. The van der Waals surface area contributed by atoms with Gasteiger partial charge in [-0.25, -0.2) is 0 Å². The monoisotopic (exact) mass is 271 g/mol. The fourth-order valence-electron chi connectivity index (χ4n) is 1.76. The maximum Gasteiger partial charge on any atom is 0.262 e. The summed E-state index contributed by atoms with van der Waals surface area (Å²) in [6.45, 7) is 2.20. The summed E-state index contributed by atoms with van der Waals surface area (Å²) in [7, 11) is 0. The van der Waals surface area contributed by atoms with E-state index < -0.39 is 0 Å². The highest BCUT2D eigenvalue weighted by molar-refractivity contribution is 5.92. The number of benzene rings is 1. The minimum Gasteiger partial charge on any atom is -0.483 e. The number of pyridine rings is 1. The van der Waals surface area contributed by atoms with Crippen LogP contribution in [0.3, 0.4) is 0 Å². The summed E-state index contributed by atoms with van der Waals surface area (Å²) >= 11 is 0. The van der Waals surface area contributed by atoms with E-state index in [0.717, 1.165) is 16.8 Å². The zero-order valence-corrected chi connectivity index (χ0v) is 11.3. The largest absolute Gasteiger partial charge is 0.483 e. The van der Waals surface area contributed by atoms with E-state index in [4.69, 9.17) is 10.5 Å². The molecule has 3 N–H and O–H groups in total. The normalized spacial score (nSPS) is 10.1. The Balaban J connectivity index is 1.94. The summed E-state index contributed by atoms with van der Waals surface area (Å²) in [5, 5.41) is 2.78. The van der Waals surface area contributed by atoms with E-state index in [1.165, 1.54) is 0 Å². The molecule has 20 heavy (non-hydrogen) atoms. The maximum atomic E-state index is 11.8. The molecular weight excluding hydrogens is 254 g/mol. The number of hydrogen-bond donors (Lipinski definition) is 2. The average Bonchev–Trinajstić information content (AvgIpc) is 2.48. The molecule has 5 nitrogen and oxygen atoms in total. The van der Waals surface area contributed by atoms with Crippen molar-refractivity contribution in [2.24, 2.45) is 5.73 Å². The Morgan fingerprint density at radius 3 is 2.90 bits per heavy atom. The van der Waals surface area contributed by atoms with Crippen LogP contribution < -0.4 is 15.8 Å². The summed E-state index contributed by atoms with van der Waals surface area (Å²) in [6, 6.07) is 9.16. The summed E-state index contributed by atoms with van der Waals surface area (Å²) in [4.78, 5) is 15.8. The second kappa shape index (κ2) is 6.68. The lowest BCUT2D eigenvalue weighted by Gasteiger charge is -2.11. The lowest BCUT2D eigenvalue weighted by molar-refractivity contribution is -0.118. The third-order valence-corrected chi connectivity index (χ3v) is 2.85. The van der Waals surface area contributed by atoms with Crippen molar-refractivity contribution < 1.29 is 9.53 Å². The molecule has 0 atom stereocenters. The van der Waals surface area contributed by atoms with Gasteiger partial charge in [-0.15, -0.1) is 0 Å². The third-order valence-electron chi connectivity index (χ3n) is 2.85. The van der Waals surface area contributed by atoms with Crippen LogP contribution in [0.1, 0.15) is 11.1 Å². The van der Waals surface area contributed by atoms with Gasteiger partial charge in [0.15, 0.2) is 6.61 Å². The number of ether oxygens (including phenoxy) is 1. The number of amides is 1. The van der Waals surface area contributed by atoms with Gasteiger partial charge in [0.25, 0.3) is 5.91 Å². The summed E-state index contributed by atoms with van der Waals surface area (Å²) in [6.07, 6.45) is 3.33. The molecule has 0 aliphatic heterocycles. The van der Waals surface area contributed by atoms with E-state index in [2.05, 4.69) is 10.3 Å². The number of anilines is 1. The van der Waals surface area contributed by atoms with Crippen molar-refractivity contribution in [1.29, 1.82) is 0 Å². The number of nitrogens with two attached hydrogens (primary N) is 1. The number of aromatic nitrogens is 1. The van der Waals surface area contributed by atoms with Crippen LogP contribution in [0.2, 0.25) is 0 Å². The number of carbonyl (C=O) groups is 1. The smallest absolute Gasteiger partial charge is 0.262 e. The van der Waals surface area contributed by atoms with E-state index in [-0.39, 0.29) is 12.5 Å². The summed E-state index contributed by atoms with van der Waals surface area (Å²) < 4.78 is 5.49. The van der Waals surface area contributed by atoms with Gasteiger partial charge in [-0.1, -0.05) is 18.2 Å². The number of nitrogens with one attached hydrogen (secondary N) is 1. The number of carbonyl (C=O) groups excluding carboxylic acids is 1. The lowest BCUT2D eigenvalue weighted by Crippen LogP contribution is -2.21. The standard InChI is InChI=1S/C15H17N3O2/c1-11-9-17-7-6-13(11)18-15(19)10-20-14-5-3-2-4-12(14)8-16/h2-7,9H,8,10,16H2,1H3,(H,17,18,19). The molecule has 1 amide bonds. The van der Waals surface area contributed by atoms with Gasteiger partial charge in [0.05, 0.1) is 0 Å². The van der Waals surface area contributed by atoms with Crippen LogP contribution in [0.5, 0.6) is 5.75 Å². The van der Waals surface area contributed by atoms with Crippen molar-refractivity contribution in [3.05, 3.63) is 53.9 Å². The van der Waals surface area contributed by atoms with Crippen molar-refractivity contribution in [2.45, 2.75) is 13.5 Å². The molecule has 1 aromatic heterocycles. The molecule has 0 saturated heterocycles. The molecule has 0 spiro atoms. The van der Waals surface area contributed by atoms with Gasteiger partial charge in [-0.05, 0) is 24.6 Å². The molecule has 1 heterocycles. The highest BCUT2D eigenvalue weighted by Crippen LogP contribution is 2.17. The second-order valence-electron chi connectivity index (χ2n) is 4.34. The van der Waals surface area contributed by atoms with Crippen molar-refractivity contribution in [1.82, 2.24) is 4.98 Å². The molecule has 2 rings (SSSR count). The summed E-state index contributed by atoms with van der Waals surface area (Å²) in [5.74, 6) is 0.419. The minimum atomic E-state index is -0.217. The summed E-state index contributed by atoms with van der Waals surface area (Å²) in [5.41, 5.74) is 8.13. The predicted octanol–water partition coefficient (Wildman–Crippen LogP) is 1.87. The topological polar surface area (TPSA) is 77.2 Å². The Hall–Kier alpha value is -2.40. The number of nitrogens with zero attached hydrogens (tertiary/aromatic N) is 1. The molecule has 0 aliphatic rings. The van der Waals surface area contributed by atoms with Gasteiger partial charge in [-0.3, -0.25) is 9.78 Å². The van der Waals surface area contributed by atoms with Crippen molar-refractivity contribution in [3.63, 3.8) is 0 Å². The molecule has 104 valence electrons. The van der Waals surface area contributed by atoms with Crippen LogP contribution in [-0.2, 0) is 11.3 Å². The zero-order chi connectivity index (χ0) is 14.4. The highest BCUT2D eigenvalue weighted by Gasteiger charge is 2.07. The molecule has 1 aromatic carbocycles. The number of aryl methyl sites for hydroxylation is 1. The first-order valence-electron chi connectivity index (χ1n) is 6.32. The quantitative estimate of drug-likeness (QED) is 0.870. The Morgan fingerprint density at radius 1 is 1.35 bits per heavy atom. The molecule has 2 aromatic rings. The number of hydrogen-bond acceptors (Lipinski definition) is 4. The fourth-order valence-corrected chi connectivity index (χ4v) is 1.76. The molecule has 0 saturated carbocycles. The van der Waals surface area contributed by atoms with Crippen LogP contribution in [0.15, 0.2) is 42.7 Å². The first-order chi connectivity index (χ1) is 9.70. The van der Waals surface area contributed by atoms with E-state index >= 15 is 0 Å². The third kappa shape index (κ3) is 3.55. The van der Waals surface area contributed by atoms with Gasteiger partial charge < -0.3 is 15.8 Å². The van der Waals surface area contributed by atoms with E-state index in [9.17, 15) is 4.79 Å². The van der Waals surface area contributed by atoms with Crippen molar-refractivity contribution in [2.75, 3.05) is 11.9 Å². The number of para-hydroxylation sites is 1. The van der Waals surface area contributed by atoms with Crippen molar-refractivity contribution >= 4 is 11.6 Å².